The summed E-state index contributed by atoms with van der Waals surface area (Å²) in [6.45, 7) is 2.48. The second kappa shape index (κ2) is 6.96. The lowest BCUT2D eigenvalue weighted by Gasteiger charge is -2.40. The van der Waals surface area contributed by atoms with E-state index in [9.17, 15) is 0 Å². The number of aromatic nitrogens is 5. The zero-order valence-electron chi connectivity index (χ0n) is 15.9. The Labute approximate surface area is 167 Å². The summed E-state index contributed by atoms with van der Waals surface area (Å²) in [5.41, 5.74) is 2.41. The average Bonchev–Trinajstić information content (AvgIpc) is 3.30. The van der Waals surface area contributed by atoms with Crippen LogP contribution in [0.2, 0.25) is 0 Å². The average molecular weight is 392 g/mol. The molecule has 0 saturated carbocycles. The third-order valence-electron chi connectivity index (χ3n) is 4.98. The van der Waals surface area contributed by atoms with E-state index in [1.165, 1.54) is 11.1 Å². The Balaban J connectivity index is 1.57. The summed E-state index contributed by atoms with van der Waals surface area (Å²) in [7, 11) is 4.09. The number of rotatable bonds is 5. The molecule has 3 aromatic heterocycles. The summed E-state index contributed by atoms with van der Waals surface area (Å²) in [5.74, 6) is 1.89. The molecule has 8 heteroatoms. The highest BCUT2D eigenvalue weighted by Gasteiger charge is 2.32. The van der Waals surface area contributed by atoms with E-state index >= 15 is 0 Å². The first-order valence-corrected chi connectivity index (χ1v) is 10.1. The first-order chi connectivity index (χ1) is 13.7. The van der Waals surface area contributed by atoms with Gasteiger partial charge < -0.3 is 9.80 Å². The van der Waals surface area contributed by atoms with Gasteiger partial charge in [0, 0.05) is 24.0 Å². The van der Waals surface area contributed by atoms with Gasteiger partial charge in [0.25, 0.3) is 0 Å². The summed E-state index contributed by atoms with van der Waals surface area (Å²) in [6.07, 6.45) is 3.38. The van der Waals surface area contributed by atoms with Crippen molar-refractivity contribution < 1.29 is 0 Å². The van der Waals surface area contributed by atoms with Gasteiger partial charge in [0.05, 0.1) is 18.0 Å². The molecule has 0 bridgehead atoms. The van der Waals surface area contributed by atoms with E-state index in [4.69, 9.17) is 9.97 Å². The van der Waals surface area contributed by atoms with Crippen molar-refractivity contribution in [2.45, 2.75) is 12.6 Å². The monoisotopic (exact) mass is 391 g/mol. The van der Waals surface area contributed by atoms with Crippen molar-refractivity contribution in [3.8, 4) is 11.1 Å². The fourth-order valence-corrected chi connectivity index (χ4v) is 4.54. The van der Waals surface area contributed by atoms with Crippen LogP contribution in [0.25, 0.3) is 21.3 Å². The van der Waals surface area contributed by atoms with Crippen LogP contribution in [0.1, 0.15) is 11.9 Å². The third-order valence-corrected chi connectivity index (χ3v) is 5.85. The largest absolute Gasteiger partial charge is 0.352 e. The molecule has 1 aliphatic rings. The quantitative estimate of drug-likeness (QED) is 0.521. The number of hydrogen-bond donors (Lipinski definition) is 0. The zero-order valence-corrected chi connectivity index (χ0v) is 16.7. The Kier molecular flexibility index (Phi) is 4.29. The molecule has 0 atom stereocenters. The summed E-state index contributed by atoms with van der Waals surface area (Å²) in [6, 6.07) is 10.8. The fourth-order valence-electron chi connectivity index (χ4n) is 3.58. The highest BCUT2D eigenvalue weighted by atomic mass is 32.1. The van der Waals surface area contributed by atoms with Crippen molar-refractivity contribution >= 4 is 27.4 Å². The standard InChI is InChI=1S/C20H21N7S/c1-25(2)10-17-23-19(26-8-15(9-26)27-13-21-12-22-27)18-16(11-28-20(18)24-17)14-6-4-3-5-7-14/h3-7,11-13,15H,8-10H2,1-2H3. The lowest BCUT2D eigenvalue weighted by atomic mass is 10.0. The molecule has 142 valence electrons. The maximum atomic E-state index is 4.97. The van der Waals surface area contributed by atoms with Crippen molar-refractivity contribution in [2.24, 2.45) is 0 Å². The molecule has 0 amide bonds. The van der Waals surface area contributed by atoms with Gasteiger partial charge in [0.2, 0.25) is 0 Å². The molecule has 7 nitrogen and oxygen atoms in total. The van der Waals surface area contributed by atoms with Crippen molar-refractivity contribution in [1.29, 1.82) is 0 Å². The van der Waals surface area contributed by atoms with E-state index in [1.54, 1.807) is 24.0 Å². The number of thiophene rings is 1. The Bertz CT molecular complexity index is 1080. The van der Waals surface area contributed by atoms with Crippen LogP contribution in [0, 0.1) is 0 Å². The lowest BCUT2D eigenvalue weighted by Crippen LogP contribution is -2.48. The minimum atomic E-state index is 0.337. The number of nitrogens with zero attached hydrogens (tertiary/aromatic N) is 7. The van der Waals surface area contributed by atoms with Gasteiger partial charge in [-0.15, -0.1) is 11.3 Å². The molecule has 0 radical (unpaired) electrons. The van der Waals surface area contributed by atoms with E-state index in [-0.39, 0.29) is 0 Å². The molecule has 1 aromatic carbocycles. The number of benzene rings is 1. The van der Waals surface area contributed by atoms with Crippen LogP contribution in [-0.4, -0.2) is 56.8 Å². The number of hydrogen-bond acceptors (Lipinski definition) is 7. The smallest absolute Gasteiger partial charge is 0.146 e. The van der Waals surface area contributed by atoms with Gasteiger partial charge in [-0.3, -0.25) is 0 Å². The summed E-state index contributed by atoms with van der Waals surface area (Å²) in [4.78, 5) is 19.4. The number of fused-ring (bicyclic) bond motifs is 1. The molecule has 0 aliphatic carbocycles. The second-order valence-electron chi connectivity index (χ2n) is 7.33. The molecule has 0 unspecified atom stereocenters. The van der Waals surface area contributed by atoms with Crippen LogP contribution < -0.4 is 4.90 Å². The molecule has 1 saturated heterocycles. The van der Waals surface area contributed by atoms with Crippen LogP contribution >= 0.6 is 11.3 Å². The van der Waals surface area contributed by atoms with E-state index in [2.05, 4.69) is 49.5 Å². The molecule has 4 heterocycles. The molecule has 1 fully saturated rings. The summed E-state index contributed by atoms with van der Waals surface area (Å²) < 4.78 is 1.93. The van der Waals surface area contributed by atoms with Gasteiger partial charge in [-0.2, -0.15) is 5.10 Å². The molecule has 4 aromatic rings. The molecule has 1 aliphatic heterocycles. The lowest BCUT2D eigenvalue weighted by molar-refractivity contribution is 0.363. The van der Waals surface area contributed by atoms with Gasteiger partial charge in [0.1, 0.15) is 29.1 Å². The highest BCUT2D eigenvalue weighted by Crippen LogP contribution is 2.40. The van der Waals surface area contributed by atoms with E-state index in [1.807, 2.05) is 24.8 Å². The molecular formula is C20H21N7S. The molecule has 0 N–H and O–H groups in total. The normalized spacial score (nSPS) is 14.8. The summed E-state index contributed by atoms with van der Waals surface area (Å²) >= 11 is 1.69. The molecular weight excluding hydrogens is 370 g/mol. The second-order valence-corrected chi connectivity index (χ2v) is 8.19. The maximum absolute atomic E-state index is 4.97. The Morgan fingerprint density at radius 1 is 1.14 bits per heavy atom. The van der Waals surface area contributed by atoms with Crippen molar-refractivity contribution in [1.82, 2.24) is 29.6 Å². The van der Waals surface area contributed by atoms with Crippen LogP contribution in [0.5, 0.6) is 0 Å². The van der Waals surface area contributed by atoms with Gasteiger partial charge in [-0.1, -0.05) is 30.3 Å². The minimum Gasteiger partial charge on any atom is -0.352 e. The Morgan fingerprint density at radius 3 is 2.68 bits per heavy atom. The van der Waals surface area contributed by atoms with Crippen LogP contribution in [0.15, 0.2) is 48.4 Å². The topological polar surface area (TPSA) is 63.0 Å². The van der Waals surface area contributed by atoms with Crippen molar-refractivity contribution in [2.75, 3.05) is 32.1 Å². The van der Waals surface area contributed by atoms with Crippen molar-refractivity contribution in [3.63, 3.8) is 0 Å². The van der Waals surface area contributed by atoms with Gasteiger partial charge in [-0.05, 0) is 19.7 Å². The highest BCUT2D eigenvalue weighted by molar-refractivity contribution is 7.17. The van der Waals surface area contributed by atoms with Crippen molar-refractivity contribution in [3.05, 3.63) is 54.2 Å². The van der Waals surface area contributed by atoms with E-state index < -0.39 is 0 Å². The minimum absolute atomic E-state index is 0.337. The zero-order chi connectivity index (χ0) is 19.1. The predicted molar refractivity (Wildman–Crippen MR) is 112 cm³/mol. The van der Waals surface area contributed by atoms with E-state index in [0.29, 0.717) is 6.04 Å². The molecule has 5 rings (SSSR count). The van der Waals surface area contributed by atoms with Gasteiger partial charge in [-0.25, -0.2) is 19.6 Å². The van der Waals surface area contributed by atoms with Gasteiger partial charge in [0.15, 0.2) is 0 Å². The fraction of sp³-hybridized carbons (Fsp3) is 0.300. The Hall–Kier alpha value is -2.84. The predicted octanol–water partition coefficient (Wildman–Crippen LogP) is 3.07. The van der Waals surface area contributed by atoms with Crippen LogP contribution in [-0.2, 0) is 6.54 Å². The molecule has 0 spiro atoms. The van der Waals surface area contributed by atoms with Gasteiger partial charge >= 0.3 is 0 Å². The van der Waals surface area contributed by atoms with E-state index in [0.717, 1.165) is 41.5 Å². The molecule has 28 heavy (non-hydrogen) atoms. The summed E-state index contributed by atoms with van der Waals surface area (Å²) in [5, 5.41) is 7.63. The maximum Gasteiger partial charge on any atom is 0.146 e. The Morgan fingerprint density at radius 2 is 1.96 bits per heavy atom. The number of anilines is 1. The first-order valence-electron chi connectivity index (χ1n) is 9.26. The van der Waals surface area contributed by atoms with Crippen LogP contribution in [0.3, 0.4) is 0 Å². The van der Waals surface area contributed by atoms with Crippen LogP contribution in [0.4, 0.5) is 5.82 Å². The third kappa shape index (κ3) is 3.04. The first kappa shape index (κ1) is 17.3. The SMILES string of the molecule is CN(C)Cc1nc(N2CC(n3cncn3)C2)c2c(-c3ccccc3)csc2n1.